The van der Waals surface area contributed by atoms with Crippen LogP contribution < -0.4 is 0 Å². The van der Waals surface area contributed by atoms with Gasteiger partial charge >= 0.3 is 5.97 Å². The van der Waals surface area contributed by atoms with Gasteiger partial charge < -0.3 is 13.8 Å². The molecule has 0 spiro atoms. The van der Waals surface area contributed by atoms with Crippen molar-refractivity contribution in [2.45, 2.75) is 20.5 Å². The number of carbonyl (C=O) groups is 1. The van der Waals surface area contributed by atoms with Crippen LogP contribution in [0.15, 0.2) is 45.4 Å². The zero-order chi connectivity index (χ0) is 19.0. The van der Waals surface area contributed by atoms with E-state index in [0.717, 1.165) is 0 Å². The summed E-state index contributed by atoms with van der Waals surface area (Å²) in [4.78, 5) is 17.1. The Morgan fingerprint density at radius 3 is 2.59 bits per heavy atom. The van der Waals surface area contributed by atoms with Gasteiger partial charge in [0.15, 0.2) is 0 Å². The number of esters is 1. The van der Waals surface area contributed by atoms with Crippen molar-refractivity contribution in [1.29, 1.82) is 0 Å². The zero-order valence-corrected chi connectivity index (χ0v) is 14.5. The van der Waals surface area contributed by atoms with Crippen LogP contribution in [-0.2, 0) is 11.3 Å². The van der Waals surface area contributed by atoms with Gasteiger partial charge in [0.25, 0.3) is 5.71 Å². The van der Waals surface area contributed by atoms with Crippen molar-refractivity contribution in [3.63, 3.8) is 0 Å². The molecule has 7 nitrogen and oxygen atoms in total. The molecule has 0 atom stereocenters. The van der Waals surface area contributed by atoms with E-state index < -0.39 is 5.97 Å². The van der Waals surface area contributed by atoms with Crippen LogP contribution in [0.5, 0.6) is 0 Å². The summed E-state index contributed by atoms with van der Waals surface area (Å²) in [5.74, 6) is -0.309. The number of ether oxygens (including phenoxy) is 1. The zero-order valence-electron chi connectivity index (χ0n) is 14.5. The summed E-state index contributed by atoms with van der Waals surface area (Å²) in [6.45, 7) is 3.43. The van der Waals surface area contributed by atoms with Crippen LogP contribution in [0.4, 0.5) is 4.39 Å². The minimum atomic E-state index is -0.572. The van der Waals surface area contributed by atoms with Crippen LogP contribution >= 0.6 is 0 Å². The fourth-order valence-electron chi connectivity index (χ4n) is 2.73. The standard InChI is InChI=1S/C19H14FN3O4/c1-10-7-14(23-26-10)9-25-19(24)15-8-16(12-3-5-13(20)6-4-12)21-18-17(15)11(2)22-27-18/h3-8H,9H2,1-2H3. The Kier molecular flexibility index (Phi) is 4.15. The monoisotopic (exact) mass is 367 g/mol. The molecule has 3 aromatic heterocycles. The molecule has 4 aromatic rings. The molecule has 4 rings (SSSR count). The van der Waals surface area contributed by atoms with Gasteiger partial charge in [0.05, 0.1) is 22.3 Å². The van der Waals surface area contributed by atoms with Crippen LogP contribution in [-0.4, -0.2) is 21.3 Å². The van der Waals surface area contributed by atoms with Crippen LogP contribution in [0.2, 0.25) is 0 Å². The molecule has 0 N–H and O–H groups in total. The van der Waals surface area contributed by atoms with E-state index in [1.807, 2.05) is 0 Å². The fourth-order valence-corrected chi connectivity index (χ4v) is 2.73. The van der Waals surface area contributed by atoms with E-state index in [-0.39, 0.29) is 23.7 Å². The third-order valence-corrected chi connectivity index (χ3v) is 4.00. The number of halogens is 1. The molecular formula is C19H14FN3O4. The lowest BCUT2D eigenvalue weighted by atomic mass is 10.1. The van der Waals surface area contributed by atoms with Crippen molar-refractivity contribution >= 4 is 17.1 Å². The van der Waals surface area contributed by atoms with E-state index >= 15 is 0 Å². The second kappa shape index (κ2) is 6.64. The van der Waals surface area contributed by atoms with Gasteiger partial charge in [0.1, 0.15) is 23.9 Å². The number of aromatic nitrogens is 3. The first-order chi connectivity index (χ1) is 13.0. The van der Waals surface area contributed by atoms with Crippen molar-refractivity contribution in [1.82, 2.24) is 15.3 Å². The van der Waals surface area contributed by atoms with Gasteiger partial charge in [-0.25, -0.2) is 14.2 Å². The van der Waals surface area contributed by atoms with Crippen molar-refractivity contribution in [3.05, 3.63) is 64.9 Å². The third kappa shape index (κ3) is 3.29. The van der Waals surface area contributed by atoms with Gasteiger partial charge in [-0.3, -0.25) is 0 Å². The normalized spacial score (nSPS) is 11.1. The Bertz CT molecular complexity index is 1130. The average Bonchev–Trinajstić information content (AvgIpc) is 3.25. The van der Waals surface area contributed by atoms with Crippen molar-refractivity contribution in [2.75, 3.05) is 0 Å². The molecule has 8 heteroatoms. The summed E-state index contributed by atoms with van der Waals surface area (Å²) in [6, 6.07) is 9.04. The molecule has 3 heterocycles. The highest BCUT2D eigenvalue weighted by Gasteiger charge is 2.21. The van der Waals surface area contributed by atoms with E-state index in [2.05, 4.69) is 15.3 Å². The van der Waals surface area contributed by atoms with Crippen molar-refractivity contribution in [3.8, 4) is 11.3 Å². The summed E-state index contributed by atoms with van der Waals surface area (Å²) in [5, 5.41) is 8.14. The molecule has 0 fully saturated rings. The number of aryl methyl sites for hydroxylation is 2. The quantitative estimate of drug-likeness (QED) is 0.504. The van der Waals surface area contributed by atoms with Crippen LogP contribution in [0, 0.1) is 19.7 Å². The highest BCUT2D eigenvalue weighted by Crippen LogP contribution is 2.28. The molecule has 0 radical (unpaired) electrons. The number of pyridine rings is 1. The molecule has 0 aliphatic carbocycles. The van der Waals surface area contributed by atoms with Crippen LogP contribution in [0.1, 0.15) is 27.5 Å². The Hall–Kier alpha value is -3.55. The molecule has 0 saturated heterocycles. The number of carbonyl (C=O) groups excluding carboxylic acids is 1. The van der Waals surface area contributed by atoms with Gasteiger partial charge in [-0.1, -0.05) is 10.3 Å². The minimum Gasteiger partial charge on any atom is -0.455 e. The van der Waals surface area contributed by atoms with E-state index in [9.17, 15) is 9.18 Å². The number of nitrogens with zero attached hydrogens (tertiary/aromatic N) is 3. The number of rotatable bonds is 4. The maximum atomic E-state index is 13.2. The third-order valence-electron chi connectivity index (χ3n) is 4.00. The lowest BCUT2D eigenvalue weighted by Crippen LogP contribution is -2.07. The molecule has 0 aliphatic heterocycles. The maximum Gasteiger partial charge on any atom is 0.339 e. The summed E-state index contributed by atoms with van der Waals surface area (Å²) >= 11 is 0. The van der Waals surface area contributed by atoms with E-state index in [1.54, 1.807) is 38.1 Å². The number of hydrogen-bond acceptors (Lipinski definition) is 7. The Morgan fingerprint density at radius 1 is 1.11 bits per heavy atom. The lowest BCUT2D eigenvalue weighted by Gasteiger charge is -2.07. The highest BCUT2D eigenvalue weighted by molar-refractivity contribution is 6.04. The molecule has 1 aromatic carbocycles. The highest BCUT2D eigenvalue weighted by atomic mass is 19.1. The average molecular weight is 367 g/mol. The first-order valence-corrected chi connectivity index (χ1v) is 8.13. The summed E-state index contributed by atoms with van der Waals surface area (Å²) in [5.41, 5.74) is 2.58. The summed E-state index contributed by atoms with van der Waals surface area (Å²) < 4.78 is 28.7. The predicted molar refractivity (Wildman–Crippen MR) is 92.3 cm³/mol. The Morgan fingerprint density at radius 2 is 1.89 bits per heavy atom. The van der Waals surface area contributed by atoms with Crippen molar-refractivity contribution < 1.29 is 23.0 Å². The van der Waals surface area contributed by atoms with Gasteiger partial charge in [-0.05, 0) is 44.2 Å². The number of hydrogen-bond donors (Lipinski definition) is 0. The molecule has 0 amide bonds. The SMILES string of the molecule is Cc1cc(COC(=O)c2cc(-c3ccc(F)cc3)nc3onc(C)c23)no1. The van der Waals surface area contributed by atoms with Gasteiger partial charge in [-0.15, -0.1) is 0 Å². The van der Waals surface area contributed by atoms with Crippen molar-refractivity contribution in [2.24, 2.45) is 0 Å². The molecule has 0 bridgehead atoms. The Balaban J connectivity index is 1.72. The molecule has 0 unspecified atom stereocenters. The van der Waals surface area contributed by atoms with E-state index in [4.69, 9.17) is 13.8 Å². The lowest BCUT2D eigenvalue weighted by molar-refractivity contribution is 0.0466. The molecular weight excluding hydrogens is 353 g/mol. The number of fused-ring (bicyclic) bond motifs is 1. The summed E-state index contributed by atoms with van der Waals surface area (Å²) in [7, 11) is 0. The summed E-state index contributed by atoms with van der Waals surface area (Å²) in [6.07, 6.45) is 0. The van der Waals surface area contributed by atoms with Crippen LogP contribution in [0.3, 0.4) is 0 Å². The Labute approximate surface area is 152 Å². The van der Waals surface area contributed by atoms with Gasteiger partial charge in [-0.2, -0.15) is 0 Å². The molecule has 0 saturated carbocycles. The van der Waals surface area contributed by atoms with E-state index in [0.29, 0.717) is 33.8 Å². The maximum absolute atomic E-state index is 13.2. The smallest absolute Gasteiger partial charge is 0.339 e. The largest absolute Gasteiger partial charge is 0.455 e. The van der Waals surface area contributed by atoms with Gasteiger partial charge in [0, 0.05) is 11.6 Å². The minimum absolute atomic E-state index is 0.0315. The topological polar surface area (TPSA) is 91.2 Å². The predicted octanol–water partition coefficient (Wildman–Crippen LogP) is 3.99. The second-order valence-corrected chi connectivity index (χ2v) is 6.02. The van der Waals surface area contributed by atoms with Crippen LogP contribution in [0.25, 0.3) is 22.4 Å². The second-order valence-electron chi connectivity index (χ2n) is 6.02. The molecule has 27 heavy (non-hydrogen) atoms. The van der Waals surface area contributed by atoms with Gasteiger partial charge in [0.2, 0.25) is 0 Å². The number of benzene rings is 1. The molecule has 0 aliphatic rings. The fraction of sp³-hybridized carbons (Fsp3) is 0.158. The molecule has 136 valence electrons. The first-order valence-electron chi connectivity index (χ1n) is 8.13. The first kappa shape index (κ1) is 16.9. The van der Waals surface area contributed by atoms with E-state index in [1.165, 1.54) is 12.1 Å².